The first-order chi connectivity index (χ1) is 25.9. The molecule has 3 heteroatoms. The fourth-order valence-electron chi connectivity index (χ4n) is 8.45. The second-order valence-corrected chi connectivity index (χ2v) is 23.5. The van der Waals surface area contributed by atoms with E-state index < -0.39 is 21.3 Å². The van der Waals surface area contributed by atoms with E-state index >= 15 is 0 Å². The van der Waals surface area contributed by atoms with E-state index in [0.717, 1.165) is 22.9 Å². The molecule has 0 saturated carbocycles. The van der Waals surface area contributed by atoms with E-state index in [1.807, 2.05) is 12.1 Å². The number of rotatable bonds is 6. The van der Waals surface area contributed by atoms with Gasteiger partial charge in [0.25, 0.3) is 0 Å². The maximum absolute atomic E-state index is 6.86. The zero-order valence-electron chi connectivity index (χ0n) is 32.0. The third-order valence-corrected chi connectivity index (χ3v) is 19.1. The van der Waals surface area contributed by atoms with Crippen molar-refractivity contribution in [2.24, 2.45) is 0 Å². The molecule has 0 amide bonds. The Bertz CT molecular complexity index is 2460. The third kappa shape index (κ3) is 7.05. The average Bonchev–Trinajstić information content (AvgIpc) is 3.81. The Kier molecular flexibility index (Phi) is 10.1. The predicted molar refractivity (Wildman–Crippen MR) is 231 cm³/mol. The number of hydrogen-bond acceptors (Lipinski definition) is 0. The van der Waals surface area contributed by atoms with Crippen molar-refractivity contribution < 1.29 is 21.3 Å². The van der Waals surface area contributed by atoms with Crippen molar-refractivity contribution in [3.05, 3.63) is 192 Å². The van der Waals surface area contributed by atoms with Crippen LogP contribution in [0.25, 0.3) is 33.4 Å². The molecule has 0 heterocycles. The summed E-state index contributed by atoms with van der Waals surface area (Å²) in [6.07, 6.45) is 8.91. The fraction of sp³-hybridized carbons (Fsp3) is 0.196. The van der Waals surface area contributed by atoms with Crippen LogP contribution in [0.1, 0.15) is 81.3 Å². The van der Waals surface area contributed by atoms with Gasteiger partial charge in [0.15, 0.2) is 0 Å². The summed E-state index contributed by atoms with van der Waals surface area (Å²) in [5.74, 6) is 0. The Balaban J connectivity index is 1.57. The summed E-state index contributed by atoms with van der Waals surface area (Å²) < 4.78 is 4.55. The molecule has 0 nitrogen and oxygen atoms in total. The molecule has 0 saturated heterocycles. The molecule has 2 aliphatic rings. The van der Waals surface area contributed by atoms with Crippen LogP contribution in [-0.2, 0) is 38.5 Å². The van der Waals surface area contributed by atoms with E-state index in [1.54, 1.807) is 6.55 Å². The summed E-state index contributed by atoms with van der Waals surface area (Å²) in [5.41, 5.74) is 16.0. The summed E-state index contributed by atoms with van der Waals surface area (Å²) in [4.78, 5) is 0. The predicted octanol–water partition coefficient (Wildman–Crippen LogP) is 13.8. The van der Waals surface area contributed by atoms with Gasteiger partial charge in [-0.2, -0.15) is 0 Å². The van der Waals surface area contributed by atoms with E-state index in [0.29, 0.717) is 0 Å². The Morgan fingerprint density at radius 3 is 1.69 bits per heavy atom. The average molecular weight is 821 g/mol. The van der Waals surface area contributed by atoms with Crippen molar-refractivity contribution in [3.8, 4) is 33.4 Å². The third-order valence-electron chi connectivity index (χ3n) is 10.9. The SMILES string of the molecule is CC(C)(C)c1cc2c(cc1-c1ccccc1)Cc1c-2cc(C(C)(C)C)c(-c2ccccc2)[c]1[Zr]([C]1=CC=CC1)=[C](c1cccc(Cl)c1)c1cccc(Cl)c1. The van der Waals surface area contributed by atoms with Gasteiger partial charge in [0.1, 0.15) is 0 Å². The van der Waals surface area contributed by atoms with Crippen LogP contribution in [0.2, 0.25) is 10.0 Å². The van der Waals surface area contributed by atoms with E-state index in [2.05, 4.69) is 175 Å². The Morgan fingerprint density at radius 1 is 0.574 bits per heavy atom. The minimum atomic E-state index is -3.17. The normalized spacial score (nSPS) is 13.4. The van der Waals surface area contributed by atoms with Crippen molar-refractivity contribution in [2.75, 3.05) is 0 Å². The molecule has 0 aromatic heterocycles. The van der Waals surface area contributed by atoms with Crippen molar-refractivity contribution >= 4 is 29.7 Å². The first kappa shape index (κ1) is 37.1. The molecule has 54 heavy (non-hydrogen) atoms. The minimum absolute atomic E-state index is 0.0377. The molecule has 0 aliphatic heterocycles. The Hall–Kier alpha value is -3.87. The van der Waals surface area contributed by atoms with E-state index in [4.69, 9.17) is 23.2 Å². The molecule has 0 fully saturated rings. The number of hydrogen-bond donors (Lipinski definition) is 0. The van der Waals surface area contributed by atoms with Gasteiger partial charge in [-0.1, -0.05) is 0 Å². The second-order valence-electron chi connectivity index (χ2n) is 16.8. The molecule has 268 valence electrons. The molecule has 0 N–H and O–H groups in total. The molecular formula is C51H46Cl2Zr. The molecule has 8 rings (SSSR count). The van der Waals surface area contributed by atoms with Crippen LogP contribution in [0.15, 0.2) is 149 Å². The summed E-state index contributed by atoms with van der Waals surface area (Å²) in [6, 6.07) is 46.8. The summed E-state index contributed by atoms with van der Waals surface area (Å²) in [5, 5.41) is 1.50. The molecule has 0 radical (unpaired) electrons. The zero-order chi connectivity index (χ0) is 37.8. The van der Waals surface area contributed by atoms with Crippen LogP contribution >= 0.6 is 23.2 Å². The fourth-order valence-corrected chi connectivity index (χ4v) is 17.2. The molecule has 0 unspecified atom stereocenters. The van der Waals surface area contributed by atoms with E-state index in [1.165, 1.54) is 70.0 Å². The van der Waals surface area contributed by atoms with Crippen LogP contribution in [0.4, 0.5) is 0 Å². The molecule has 6 aromatic carbocycles. The summed E-state index contributed by atoms with van der Waals surface area (Å²) in [6.45, 7) is 14.2. The zero-order valence-corrected chi connectivity index (χ0v) is 36.0. The quantitative estimate of drug-likeness (QED) is 0.157. The van der Waals surface area contributed by atoms with Crippen molar-refractivity contribution in [1.82, 2.24) is 0 Å². The van der Waals surface area contributed by atoms with Gasteiger partial charge in [-0.15, -0.1) is 0 Å². The van der Waals surface area contributed by atoms with E-state index in [-0.39, 0.29) is 10.8 Å². The summed E-state index contributed by atoms with van der Waals surface area (Å²) >= 11 is 10.5. The van der Waals surface area contributed by atoms with Crippen molar-refractivity contribution in [2.45, 2.75) is 65.2 Å². The first-order valence-electron chi connectivity index (χ1n) is 19.0. The monoisotopic (exact) mass is 818 g/mol. The van der Waals surface area contributed by atoms with Crippen LogP contribution in [0.3, 0.4) is 0 Å². The van der Waals surface area contributed by atoms with Gasteiger partial charge >= 0.3 is 342 Å². The maximum atomic E-state index is 6.86. The first-order valence-corrected chi connectivity index (χ1v) is 23.4. The van der Waals surface area contributed by atoms with E-state index in [9.17, 15) is 0 Å². The Morgan fingerprint density at radius 2 is 1.15 bits per heavy atom. The molecule has 2 aliphatic carbocycles. The van der Waals surface area contributed by atoms with Crippen LogP contribution in [0, 0.1) is 0 Å². The van der Waals surface area contributed by atoms with Crippen LogP contribution in [-0.4, -0.2) is 3.21 Å². The number of allylic oxidation sites excluding steroid dienone is 4. The van der Waals surface area contributed by atoms with Crippen LogP contribution in [0.5, 0.6) is 0 Å². The van der Waals surface area contributed by atoms with Gasteiger partial charge in [-0.25, -0.2) is 0 Å². The molecule has 6 aromatic rings. The van der Waals surface area contributed by atoms with Gasteiger partial charge in [-0.3, -0.25) is 0 Å². The van der Waals surface area contributed by atoms with Gasteiger partial charge in [0.2, 0.25) is 0 Å². The number of benzene rings is 6. The van der Waals surface area contributed by atoms with Crippen molar-refractivity contribution in [1.29, 1.82) is 0 Å². The van der Waals surface area contributed by atoms with Gasteiger partial charge < -0.3 is 0 Å². The molecular weight excluding hydrogens is 775 g/mol. The molecule has 0 bridgehead atoms. The molecule has 0 spiro atoms. The van der Waals surface area contributed by atoms with Gasteiger partial charge in [-0.05, 0) is 0 Å². The van der Waals surface area contributed by atoms with Crippen LogP contribution < -0.4 is 3.27 Å². The van der Waals surface area contributed by atoms with Crippen molar-refractivity contribution in [3.63, 3.8) is 0 Å². The van der Waals surface area contributed by atoms with Gasteiger partial charge in [0, 0.05) is 0 Å². The van der Waals surface area contributed by atoms with Gasteiger partial charge in [0.05, 0.1) is 0 Å². The second kappa shape index (κ2) is 14.7. The molecule has 0 atom stereocenters. The standard InChI is InChI=1S/C33H33.C13H8Cl2.C5H5.Zr/c1-32(2,3)30-20-26-24(18-28(30)22-13-9-7-10-14-22)17-25-19-29(23-15-11-8-12-16-23)31(21-27(25)26)33(4,5)6;14-12-5-1-3-10(8-12)7-11-4-2-6-13(15)9-11;1-2-4-5-3-1;/h7-16,18,20-21H,17H2,1-6H3;1-6,8-9H;1-3H,4H2;. The summed E-state index contributed by atoms with van der Waals surface area (Å²) in [7, 11) is 0. The number of fused-ring (bicyclic) bond motifs is 3. The topological polar surface area (TPSA) is 0 Å². The Labute approximate surface area is 339 Å². The number of halogens is 2.